The van der Waals surface area contributed by atoms with Gasteiger partial charge in [-0.1, -0.05) is 36.4 Å². The maximum atomic E-state index is 14.2. The first kappa shape index (κ1) is 23.5. The summed E-state index contributed by atoms with van der Waals surface area (Å²) < 4.78 is 71.6. The lowest BCUT2D eigenvalue weighted by atomic mass is 9.95. The predicted octanol–water partition coefficient (Wildman–Crippen LogP) is 4.51. The molecule has 0 radical (unpaired) electrons. The largest absolute Gasteiger partial charge is 0.465 e. The van der Waals surface area contributed by atoms with Gasteiger partial charge in [0, 0.05) is 17.4 Å². The van der Waals surface area contributed by atoms with E-state index >= 15 is 0 Å². The Morgan fingerprint density at radius 3 is 2.25 bits per heavy atom. The van der Waals surface area contributed by atoms with Gasteiger partial charge in [0.25, 0.3) is 0 Å². The molecule has 0 saturated heterocycles. The van der Waals surface area contributed by atoms with Crippen molar-refractivity contribution in [1.29, 1.82) is 0 Å². The van der Waals surface area contributed by atoms with Crippen molar-refractivity contribution in [3.63, 3.8) is 0 Å². The number of alkyl halides is 3. The summed E-state index contributed by atoms with van der Waals surface area (Å²) in [6, 6.07) is 12.0. The van der Waals surface area contributed by atoms with Gasteiger partial charge in [0.05, 0.1) is 11.5 Å². The number of halogens is 3. The van der Waals surface area contributed by atoms with Crippen LogP contribution < -0.4 is 0 Å². The van der Waals surface area contributed by atoms with Gasteiger partial charge in [-0.25, -0.2) is 13.1 Å². The van der Waals surface area contributed by atoms with E-state index in [0.717, 1.165) is 6.26 Å². The van der Waals surface area contributed by atoms with E-state index in [2.05, 4.69) is 5.10 Å². The number of carbonyl (C=O) groups excluding carboxylic acids is 1. The molecule has 0 fully saturated rings. The minimum absolute atomic E-state index is 0.0176. The Balaban J connectivity index is 2.31. The maximum absolute atomic E-state index is 14.2. The molecule has 6 nitrogen and oxygen atoms in total. The molecule has 1 aromatic heterocycles. The highest BCUT2D eigenvalue weighted by Crippen LogP contribution is 2.43. The summed E-state index contributed by atoms with van der Waals surface area (Å²) in [5, 5.41) is 4.12. The van der Waals surface area contributed by atoms with Gasteiger partial charge in [0.15, 0.2) is 15.5 Å². The van der Waals surface area contributed by atoms with Crippen LogP contribution in [-0.4, -0.2) is 37.0 Å². The van der Waals surface area contributed by atoms with E-state index in [1.54, 1.807) is 38.1 Å². The third kappa shape index (κ3) is 4.85. The number of carbonyl (C=O) groups is 1. The van der Waals surface area contributed by atoms with Crippen molar-refractivity contribution in [1.82, 2.24) is 9.78 Å². The molecule has 3 rings (SSSR count). The van der Waals surface area contributed by atoms with Gasteiger partial charge in [0.1, 0.15) is 12.2 Å². The molecular weight excluding hydrogens is 445 g/mol. The van der Waals surface area contributed by atoms with Gasteiger partial charge in [0.2, 0.25) is 0 Å². The van der Waals surface area contributed by atoms with Crippen molar-refractivity contribution in [2.75, 3.05) is 12.9 Å². The molecule has 0 amide bonds. The molecule has 3 aromatic rings. The van der Waals surface area contributed by atoms with Crippen LogP contribution in [0.5, 0.6) is 0 Å². The number of nitrogens with zero attached hydrogens (tertiary/aromatic N) is 2. The number of aryl methyl sites for hydroxylation is 1. The zero-order valence-electron chi connectivity index (χ0n) is 17.6. The van der Waals surface area contributed by atoms with E-state index in [4.69, 9.17) is 4.74 Å². The van der Waals surface area contributed by atoms with Crippen molar-refractivity contribution in [3.8, 4) is 22.4 Å². The van der Waals surface area contributed by atoms with Gasteiger partial charge in [-0.05, 0) is 37.1 Å². The minimum Gasteiger partial charge on any atom is -0.465 e. The maximum Gasteiger partial charge on any atom is 0.433 e. The fourth-order valence-corrected chi connectivity index (χ4v) is 3.99. The highest BCUT2D eigenvalue weighted by Gasteiger charge is 2.41. The van der Waals surface area contributed by atoms with Crippen molar-refractivity contribution >= 4 is 15.8 Å². The lowest BCUT2D eigenvalue weighted by molar-refractivity contribution is -0.149. The Kier molecular flexibility index (Phi) is 6.45. The zero-order valence-corrected chi connectivity index (χ0v) is 18.4. The van der Waals surface area contributed by atoms with Crippen molar-refractivity contribution in [3.05, 3.63) is 59.8 Å². The second-order valence-corrected chi connectivity index (χ2v) is 9.16. The summed E-state index contributed by atoms with van der Waals surface area (Å²) in [6.45, 7) is 2.53. The number of hydrogen-bond donors (Lipinski definition) is 0. The van der Waals surface area contributed by atoms with Crippen LogP contribution in [0.3, 0.4) is 0 Å². The van der Waals surface area contributed by atoms with E-state index in [0.29, 0.717) is 15.8 Å². The minimum atomic E-state index is -4.82. The standard InChI is InChI=1S/C22H21F3N2O4S/c1-4-31-18(28)13-27-21(22(23,24)25)19(17-8-6-5-7-14(17)2)20(26-27)15-9-11-16(12-10-15)32(3,29)30/h5-12H,4,13H2,1-3H3. The molecule has 32 heavy (non-hydrogen) atoms. The number of hydrogen-bond acceptors (Lipinski definition) is 5. The summed E-state index contributed by atoms with van der Waals surface area (Å²) in [5.41, 5.74) is -0.117. The summed E-state index contributed by atoms with van der Waals surface area (Å²) in [7, 11) is -3.49. The van der Waals surface area contributed by atoms with Crippen molar-refractivity contribution in [2.24, 2.45) is 0 Å². The van der Waals surface area contributed by atoms with Gasteiger partial charge in [-0.2, -0.15) is 18.3 Å². The third-order valence-corrected chi connectivity index (χ3v) is 5.90. The van der Waals surface area contributed by atoms with Crippen LogP contribution in [0.15, 0.2) is 53.4 Å². The van der Waals surface area contributed by atoms with E-state index in [-0.39, 0.29) is 28.3 Å². The van der Waals surface area contributed by atoms with Crippen LogP contribution in [0.2, 0.25) is 0 Å². The SMILES string of the molecule is CCOC(=O)Cn1nc(-c2ccc(S(C)(=O)=O)cc2)c(-c2ccccc2C)c1C(F)(F)F. The molecule has 170 valence electrons. The average molecular weight is 466 g/mol. The van der Waals surface area contributed by atoms with Gasteiger partial charge < -0.3 is 4.74 Å². The van der Waals surface area contributed by atoms with Crippen molar-refractivity contribution < 1.29 is 31.1 Å². The van der Waals surface area contributed by atoms with Crippen LogP contribution in [0, 0.1) is 6.92 Å². The Bertz CT molecular complexity index is 1250. The first-order valence-electron chi connectivity index (χ1n) is 9.63. The number of rotatable bonds is 6. The van der Waals surface area contributed by atoms with E-state index < -0.39 is 34.2 Å². The summed E-state index contributed by atoms with van der Waals surface area (Å²) >= 11 is 0. The Hall–Kier alpha value is -3.14. The van der Waals surface area contributed by atoms with Crippen LogP contribution in [0.1, 0.15) is 18.2 Å². The van der Waals surface area contributed by atoms with E-state index in [9.17, 15) is 26.4 Å². The van der Waals surface area contributed by atoms with E-state index in [1.165, 1.54) is 24.3 Å². The number of sulfone groups is 1. The molecular formula is C22H21F3N2O4S. The molecule has 0 unspecified atom stereocenters. The molecule has 0 atom stereocenters. The molecule has 2 aromatic carbocycles. The Morgan fingerprint density at radius 1 is 1.09 bits per heavy atom. The lowest BCUT2D eigenvalue weighted by Gasteiger charge is -2.14. The molecule has 0 N–H and O–H groups in total. The molecule has 0 spiro atoms. The van der Waals surface area contributed by atoms with Gasteiger partial charge in [-0.15, -0.1) is 0 Å². The number of esters is 1. The summed E-state index contributed by atoms with van der Waals surface area (Å²) in [5.74, 6) is -0.851. The first-order valence-corrected chi connectivity index (χ1v) is 11.5. The van der Waals surface area contributed by atoms with E-state index in [1.807, 2.05) is 0 Å². The average Bonchev–Trinajstić information content (AvgIpc) is 3.07. The quantitative estimate of drug-likeness (QED) is 0.500. The molecule has 0 aliphatic heterocycles. The van der Waals surface area contributed by atoms with Crippen LogP contribution in [0.25, 0.3) is 22.4 Å². The highest BCUT2D eigenvalue weighted by atomic mass is 32.2. The lowest BCUT2D eigenvalue weighted by Crippen LogP contribution is -2.21. The molecule has 10 heteroatoms. The molecule has 0 bridgehead atoms. The first-order chi connectivity index (χ1) is 14.9. The summed E-state index contributed by atoms with van der Waals surface area (Å²) in [6.07, 6.45) is -3.78. The molecule has 0 aliphatic rings. The monoisotopic (exact) mass is 466 g/mol. The van der Waals surface area contributed by atoms with Crippen LogP contribution in [-0.2, 0) is 32.1 Å². The highest BCUT2D eigenvalue weighted by molar-refractivity contribution is 7.90. The zero-order chi connectivity index (χ0) is 23.7. The number of benzene rings is 2. The third-order valence-electron chi connectivity index (χ3n) is 4.78. The fourth-order valence-electron chi connectivity index (χ4n) is 3.36. The number of aromatic nitrogens is 2. The second-order valence-electron chi connectivity index (χ2n) is 7.14. The summed E-state index contributed by atoms with van der Waals surface area (Å²) in [4.78, 5) is 12.0. The molecule has 0 saturated carbocycles. The van der Waals surface area contributed by atoms with Gasteiger partial charge in [-0.3, -0.25) is 4.79 Å². The second kappa shape index (κ2) is 8.78. The van der Waals surface area contributed by atoms with Crippen LogP contribution in [0.4, 0.5) is 13.2 Å². The molecule has 0 aliphatic carbocycles. The topological polar surface area (TPSA) is 78.3 Å². The van der Waals surface area contributed by atoms with Gasteiger partial charge >= 0.3 is 12.1 Å². The fraction of sp³-hybridized carbons (Fsp3) is 0.273. The van der Waals surface area contributed by atoms with Crippen molar-refractivity contribution in [2.45, 2.75) is 31.5 Å². The predicted molar refractivity (Wildman–Crippen MR) is 113 cm³/mol. The smallest absolute Gasteiger partial charge is 0.433 e. The Labute approximate surface area is 183 Å². The number of ether oxygens (including phenoxy) is 1. The van der Waals surface area contributed by atoms with Crippen LogP contribution >= 0.6 is 0 Å². The molecule has 1 heterocycles. The Morgan fingerprint density at radius 2 is 1.72 bits per heavy atom. The normalized spacial score (nSPS) is 12.1.